The Balaban J connectivity index is 1.37. The largest absolute Gasteiger partial charge is 0.443 e. The number of amides is 1. The first-order valence-electron chi connectivity index (χ1n) is 10.5. The first-order valence-corrected chi connectivity index (χ1v) is 10.5. The summed E-state index contributed by atoms with van der Waals surface area (Å²) in [5.41, 5.74) is 1.28. The van der Waals surface area contributed by atoms with Crippen LogP contribution in [0.25, 0.3) is 0 Å². The molecular formula is C23H30N2O4. The fraction of sp³-hybridized carbons (Fsp3) is 0.652. The number of hydrogen-bond donors (Lipinski definition) is 0. The van der Waals surface area contributed by atoms with Gasteiger partial charge in [-0.25, -0.2) is 4.79 Å². The monoisotopic (exact) mass is 398 g/mol. The van der Waals surface area contributed by atoms with Gasteiger partial charge in [0.05, 0.1) is 30.9 Å². The maximum Gasteiger partial charge on any atom is 0.410 e. The van der Waals surface area contributed by atoms with E-state index in [1.165, 1.54) is 0 Å². The average molecular weight is 399 g/mol. The molecule has 3 fully saturated rings. The van der Waals surface area contributed by atoms with Crippen molar-refractivity contribution in [2.45, 2.75) is 70.3 Å². The van der Waals surface area contributed by atoms with Gasteiger partial charge in [0.25, 0.3) is 0 Å². The van der Waals surface area contributed by atoms with Crippen LogP contribution in [0.5, 0.6) is 0 Å². The van der Waals surface area contributed by atoms with Crippen LogP contribution in [-0.4, -0.2) is 42.1 Å². The molecule has 1 amide bonds. The van der Waals surface area contributed by atoms with Crippen LogP contribution in [0.3, 0.4) is 0 Å². The van der Waals surface area contributed by atoms with Gasteiger partial charge in [0.1, 0.15) is 5.60 Å². The molecule has 2 heterocycles. The number of carbonyl (C=O) groups is 1. The van der Waals surface area contributed by atoms with Gasteiger partial charge in [-0.05, 0) is 37.5 Å². The molecule has 0 radical (unpaired) electrons. The second kappa shape index (κ2) is 7.30. The number of hydrogen-bond acceptors (Lipinski definition) is 5. The van der Waals surface area contributed by atoms with Gasteiger partial charge in [0, 0.05) is 31.2 Å². The lowest BCUT2D eigenvalue weighted by molar-refractivity contribution is -0.320. The highest BCUT2D eigenvalue weighted by Gasteiger charge is 2.51. The lowest BCUT2D eigenvalue weighted by Crippen LogP contribution is -2.56. The highest BCUT2D eigenvalue weighted by Crippen LogP contribution is 2.46. The van der Waals surface area contributed by atoms with Crippen molar-refractivity contribution in [3.8, 4) is 6.07 Å². The van der Waals surface area contributed by atoms with Gasteiger partial charge in [-0.15, -0.1) is 0 Å². The third-order valence-electron chi connectivity index (χ3n) is 6.71. The molecular weight excluding hydrogens is 368 g/mol. The van der Waals surface area contributed by atoms with E-state index in [4.69, 9.17) is 19.5 Å². The summed E-state index contributed by atoms with van der Waals surface area (Å²) in [6.07, 6.45) is 3.65. The van der Waals surface area contributed by atoms with E-state index >= 15 is 0 Å². The molecule has 2 aliphatic heterocycles. The summed E-state index contributed by atoms with van der Waals surface area (Å²) in [5.74, 6) is -0.500. The standard InChI is InChI=1S/C23H30N2O4/c1-17(19-6-4-18(14-24)5-7-19)25-13-12-22(29-20(25)26)8-10-23(11-9-22)27-15-21(2,3)16-28-23/h4-7,17H,8-13,15-16H2,1-3H3/t17-/m0/s1. The molecule has 6 nitrogen and oxygen atoms in total. The second-order valence-corrected chi connectivity index (χ2v) is 9.56. The molecule has 0 bridgehead atoms. The van der Waals surface area contributed by atoms with E-state index in [1.54, 1.807) is 17.0 Å². The molecule has 1 saturated carbocycles. The van der Waals surface area contributed by atoms with Crippen molar-refractivity contribution in [1.29, 1.82) is 5.26 Å². The van der Waals surface area contributed by atoms with Gasteiger partial charge in [0.15, 0.2) is 5.79 Å². The third kappa shape index (κ3) is 3.99. The highest BCUT2D eigenvalue weighted by molar-refractivity contribution is 5.70. The number of nitrogens with zero attached hydrogens (tertiary/aromatic N) is 2. The van der Waals surface area contributed by atoms with Crippen LogP contribution in [0.15, 0.2) is 24.3 Å². The molecule has 2 spiro atoms. The van der Waals surface area contributed by atoms with Gasteiger partial charge >= 0.3 is 6.09 Å². The van der Waals surface area contributed by atoms with Crippen LogP contribution in [0.1, 0.15) is 70.0 Å². The van der Waals surface area contributed by atoms with Crippen molar-refractivity contribution < 1.29 is 19.0 Å². The molecule has 2 saturated heterocycles. The van der Waals surface area contributed by atoms with Crippen LogP contribution in [-0.2, 0) is 14.2 Å². The molecule has 0 aromatic heterocycles. The molecule has 0 unspecified atom stereocenters. The Morgan fingerprint density at radius 2 is 1.66 bits per heavy atom. The minimum Gasteiger partial charge on any atom is -0.443 e. The Morgan fingerprint density at radius 3 is 2.21 bits per heavy atom. The van der Waals surface area contributed by atoms with Crippen LogP contribution in [0, 0.1) is 16.7 Å². The summed E-state index contributed by atoms with van der Waals surface area (Å²) in [6, 6.07) is 9.42. The first-order chi connectivity index (χ1) is 13.8. The number of carbonyl (C=O) groups excluding carboxylic acids is 1. The van der Waals surface area contributed by atoms with E-state index in [-0.39, 0.29) is 17.6 Å². The Hall–Kier alpha value is -2.10. The SMILES string of the molecule is C[C@@H](c1ccc(C#N)cc1)N1CCC2(CCC3(CC2)OCC(C)(C)CO3)OC1=O. The third-order valence-corrected chi connectivity index (χ3v) is 6.71. The topological polar surface area (TPSA) is 71.8 Å². The summed E-state index contributed by atoms with van der Waals surface area (Å²) in [6.45, 7) is 8.38. The van der Waals surface area contributed by atoms with Crippen molar-refractivity contribution in [3.05, 3.63) is 35.4 Å². The van der Waals surface area contributed by atoms with E-state index in [0.29, 0.717) is 25.3 Å². The van der Waals surface area contributed by atoms with Crippen molar-refractivity contribution >= 4 is 6.09 Å². The van der Waals surface area contributed by atoms with Gasteiger partial charge in [-0.1, -0.05) is 26.0 Å². The van der Waals surface area contributed by atoms with E-state index < -0.39 is 11.4 Å². The summed E-state index contributed by atoms with van der Waals surface area (Å²) >= 11 is 0. The smallest absolute Gasteiger partial charge is 0.410 e. The maximum absolute atomic E-state index is 12.8. The minimum absolute atomic E-state index is 0.0553. The zero-order chi connectivity index (χ0) is 20.7. The number of nitriles is 1. The average Bonchev–Trinajstić information content (AvgIpc) is 2.72. The summed E-state index contributed by atoms with van der Waals surface area (Å²) in [5, 5.41) is 8.96. The molecule has 0 N–H and O–H groups in total. The van der Waals surface area contributed by atoms with Crippen molar-refractivity contribution in [3.63, 3.8) is 0 Å². The Morgan fingerprint density at radius 1 is 1.03 bits per heavy atom. The fourth-order valence-corrected chi connectivity index (χ4v) is 4.54. The molecule has 1 atom stereocenters. The number of ether oxygens (including phenoxy) is 3. The summed E-state index contributed by atoms with van der Waals surface area (Å²) < 4.78 is 18.3. The Labute approximate surface area is 172 Å². The number of benzene rings is 1. The van der Waals surface area contributed by atoms with Crippen LogP contribution in [0.4, 0.5) is 4.79 Å². The lowest BCUT2D eigenvalue weighted by Gasteiger charge is -2.51. The molecule has 1 aromatic carbocycles. The van der Waals surface area contributed by atoms with Crippen molar-refractivity contribution in [2.24, 2.45) is 5.41 Å². The van der Waals surface area contributed by atoms with Crippen LogP contribution < -0.4 is 0 Å². The van der Waals surface area contributed by atoms with Crippen LogP contribution in [0.2, 0.25) is 0 Å². The summed E-state index contributed by atoms with van der Waals surface area (Å²) in [4.78, 5) is 14.6. The second-order valence-electron chi connectivity index (χ2n) is 9.56. The molecule has 1 aromatic rings. The quantitative estimate of drug-likeness (QED) is 0.731. The van der Waals surface area contributed by atoms with Crippen molar-refractivity contribution in [1.82, 2.24) is 4.90 Å². The molecule has 29 heavy (non-hydrogen) atoms. The zero-order valence-electron chi connectivity index (χ0n) is 17.6. The van der Waals surface area contributed by atoms with Gasteiger partial charge in [-0.3, -0.25) is 0 Å². The van der Waals surface area contributed by atoms with E-state index in [0.717, 1.165) is 37.7 Å². The predicted molar refractivity (Wildman–Crippen MR) is 107 cm³/mol. The summed E-state index contributed by atoms with van der Waals surface area (Å²) in [7, 11) is 0. The fourth-order valence-electron chi connectivity index (χ4n) is 4.54. The van der Waals surface area contributed by atoms with E-state index in [2.05, 4.69) is 19.9 Å². The normalized spacial score (nSPS) is 26.0. The molecule has 156 valence electrons. The first kappa shape index (κ1) is 20.2. The van der Waals surface area contributed by atoms with Gasteiger partial charge in [0.2, 0.25) is 0 Å². The molecule has 3 aliphatic rings. The van der Waals surface area contributed by atoms with E-state index in [9.17, 15) is 4.79 Å². The molecule has 4 rings (SSSR count). The Kier molecular flexibility index (Phi) is 5.08. The molecule has 6 heteroatoms. The minimum atomic E-state index is -0.500. The predicted octanol–water partition coefficient (Wildman–Crippen LogP) is 4.54. The molecule has 1 aliphatic carbocycles. The maximum atomic E-state index is 12.8. The van der Waals surface area contributed by atoms with Gasteiger partial charge in [-0.2, -0.15) is 5.26 Å². The Bertz CT molecular complexity index is 791. The van der Waals surface area contributed by atoms with Gasteiger partial charge < -0.3 is 19.1 Å². The highest BCUT2D eigenvalue weighted by atomic mass is 16.7. The van der Waals surface area contributed by atoms with Crippen molar-refractivity contribution in [2.75, 3.05) is 19.8 Å². The zero-order valence-corrected chi connectivity index (χ0v) is 17.6. The lowest BCUT2D eigenvalue weighted by atomic mass is 9.77. The van der Waals surface area contributed by atoms with E-state index in [1.807, 2.05) is 19.1 Å². The number of rotatable bonds is 2. The van der Waals surface area contributed by atoms with Crippen LogP contribution >= 0.6 is 0 Å².